The standard InChI is InChI=1S/C19H14BrClN2O5/c1-27-15-8-11(6-13-17(24)22-19(26)23-18(13)25)7-14(20)16(15)28-9-10-3-2-4-12(21)5-10/h2-8H,9H2,1H3,(H2,22,23,24,25,26). The van der Waals surface area contributed by atoms with Crippen LogP contribution in [0, 0.1) is 0 Å². The molecule has 4 amide bonds. The summed E-state index contributed by atoms with van der Waals surface area (Å²) in [6.07, 6.45) is 1.35. The number of amides is 4. The molecule has 0 unspecified atom stereocenters. The summed E-state index contributed by atoms with van der Waals surface area (Å²) in [7, 11) is 1.48. The number of barbiturate groups is 1. The first-order valence-corrected chi connectivity index (χ1v) is 9.17. The molecule has 144 valence electrons. The van der Waals surface area contributed by atoms with Crippen molar-refractivity contribution < 1.29 is 23.9 Å². The number of nitrogens with one attached hydrogen (secondary N) is 2. The Morgan fingerprint density at radius 2 is 1.82 bits per heavy atom. The van der Waals surface area contributed by atoms with Crippen LogP contribution in [0.5, 0.6) is 11.5 Å². The van der Waals surface area contributed by atoms with Crippen molar-refractivity contribution in [3.63, 3.8) is 0 Å². The van der Waals surface area contributed by atoms with Gasteiger partial charge in [-0.3, -0.25) is 20.2 Å². The van der Waals surface area contributed by atoms with Crippen molar-refractivity contribution in [2.45, 2.75) is 6.61 Å². The van der Waals surface area contributed by atoms with Crippen molar-refractivity contribution in [2.75, 3.05) is 7.11 Å². The molecule has 0 saturated carbocycles. The quantitative estimate of drug-likeness (QED) is 0.521. The van der Waals surface area contributed by atoms with Crippen LogP contribution >= 0.6 is 27.5 Å². The number of hydrogen-bond acceptors (Lipinski definition) is 5. The number of carbonyl (C=O) groups is 3. The van der Waals surface area contributed by atoms with Gasteiger partial charge in [-0.1, -0.05) is 23.7 Å². The van der Waals surface area contributed by atoms with Crippen LogP contribution in [0.2, 0.25) is 5.02 Å². The highest BCUT2D eigenvalue weighted by atomic mass is 79.9. The molecule has 0 bridgehead atoms. The van der Waals surface area contributed by atoms with E-state index in [-0.39, 0.29) is 12.2 Å². The highest BCUT2D eigenvalue weighted by Gasteiger charge is 2.27. The zero-order valence-corrected chi connectivity index (χ0v) is 16.9. The lowest BCUT2D eigenvalue weighted by Gasteiger charge is -2.16. The highest BCUT2D eigenvalue weighted by molar-refractivity contribution is 9.10. The number of urea groups is 1. The van der Waals surface area contributed by atoms with Gasteiger partial charge in [-0.2, -0.15) is 0 Å². The molecule has 0 atom stereocenters. The average Bonchev–Trinajstić information content (AvgIpc) is 2.63. The van der Waals surface area contributed by atoms with Crippen LogP contribution in [0.3, 0.4) is 0 Å². The van der Waals surface area contributed by atoms with Crippen molar-refractivity contribution in [3.8, 4) is 11.5 Å². The van der Waals surface area contributed by atoms with Gasteiger partial charge in [-0.15, -0.1) is 0 Å². The number of imide groups is 2. The Morgan fingerprint density at radius 1 is 1.11 bits per heavy atom. The molecule has 7 nitrogen and oxygen atoms in total. The highest BCUT2D eigenvalue weighted by Crippen LogP contribution is 2.38. The van der Waals surface area contributed by atoms with Gasteiger partial charge >= 0.3 is 6.03 Å². The van der Waals surface area contributed by atoms with Gasteiger partial charge in [0.05, 0.1) is 11.6 Å². The molecule has 2 aromatic carbocycles. The van der Waals surface area contributed by atoms with E-state index in [0.29, 0.717) is 26.6 Å². The summed E-state index contributed by atoms with van der Waals surface area (Å²) in [4.78, 5) is 34.9. The van der Waals surface area contributed by atoms with Gasteiger partial charge in [-0.25, -0.2) is 4.79 Å². The van der Waals surface area contributed by atoms with Crippen molar-refractivity contribution in [2.24, 2.45) is 0 Å². The smallest absolute Gasteiger partial charge is 0.328 e. The lowest BCUT2D eigenvalue weighted by atomic mass is 10.1. The fourth-order valence-corrected chi connectivity index (χ4v) is 3.31. The topological polar surface area (TPSA) is 93.7 Å². The van der Waals surface area contributed by atoms with E-state index in [9.17, 15) is 14.4 Å². The number of halogens is 2. The normalized spacial score (nSPS) is 13.7. The Bertz CT molecular complexity index is 984. The Hall–Kier alpha value is -2.84. The summed E-state index contributed by atoms with van der Waals surface area (Å²) in [6, 6.07) is 9.70. The van der Waals surface area contributed by atoms with Crippen LogP contribution in [-0.4, -0.2) is 25.0 Å². The van der Waals surface area contributed by atoms with Gasteiger partial charge in [0.1, 0.15) is 12.2 Å². The molecule has 9 heteroatoms. The molecule has 2 aromatic rings. The number of methoxy groups -OCH3 is 1. The van der Waals surface area contributed by atoms with Gasteiger partial charge in [0.25, 0.3) is 11.8 Å². The maximum absolute atomic E-state index is 11.9. The molecular weight excluding hydrogens is 452 g/mol. The molecule has 1 saturated heterocycles. The van der Waals surface area contributed by atoms with E-state index in [0.717, 1.165) is 5.56 Å². The summed E-state index contributed by atoms with van der Waals surface area (Å²) >= 11 is 9.40. The average molecular weight is 466 g/mol. The van der Waals surface area contributed by atoms with Gasteiger partial charge in [0.15, 0.2) is 11.5 Å². The molecule has 0 radical (unpaired) electrons. The zero-order valence-electron chi connectivity index (χ0n) is 14.5. The van der Waals surface area contributed by atoms with E-state index in [1.807, 2.05) is 22.8 Å². The van der Waals surface area contributed by atoms with Crippen LogP contribution < -0.4 is 20.1 Å². The fourth-order valence-electron chi connectivity index (χ4n) is 2.52. The molecule has 1 aliphatic heterocycles. The summed E-state index contributed by atoms with van der Waals surface area (Å²) in [5, 5.41) is 4.65. The maximum Gasteiger partial charge on any atom is 0.328 e. The number of carbonyl (C=O) groups excluding carboxylic acids is 3. The van der Waals surface area contributed by atoms with Gasteiger partial charge < -0.3 is 9.47 Å². The third-order valence-electron chi connectivity index (χ3n) is 3.78. The minimum absolute atomic E-state index is 0.193. The van der Waals surface area contributed by atoms with Gasteiger partial charge in [0, 0.05) is 5.02 Å². The van der Waals surface area contributed by atoms with E-state index in [1.54, 1.807) is 24.3 Å². The molecule has 28 heavy (non-hydrogen) atoms. The lowest BCUT2D eigenvalue weighted by Crippen LogP contribution is -2.51. The minimum Gasteiger partial charge on any atom is -0.493 e. The number of benzene rings is 2. The van der Waals surface area contributed by atoms with Crippen molar-refractivity contribution in [3.05, 3.63) is 62.6 Å². The molecule has 2 N–H and O–H groups in total. The van der Waals surface area contributed by atoms with E-state index in [1.165, 1.54) is 13.2 Å². The minimum atomic E-state index is -0.851. The van der Waals surface area contributed by atoms with Crippen molar-refractivity contribution in [1.82, 2.24) is 10.6 Å². The van der Waals surface area contributed by atoms with E-state index in [4.69, 9.17) is 21.1 Å². The molecule has 0 aliphatic carbocycles. The fraction of sp³-hybridized carbons (Fsp3) is 0.105. The molecule has 0 aromatic heterocycles. The first-order chi connectivity index (χ1) is 13.4. The molecule has 0 spiro atoms. The lowest BCUT2D eigenvalue weighted by molar-refractivity contribution is -0.123. The Morgan fingerprint density at radius 3 is 2.46 bits per heavy atom. The molecule has 1 aliphatic rings. The zero-order chi connectivity index (χ0) is 20.3. The number of hydrogen-bond donors (Lipinski definition) is 2. The van der Waals surface area contributed by atoms with Crippen LogP contribution in [-0.2, 0) is 16.2 Å². The van der Waals surface area contributed by atoms with Crippen LogP contribution in [0.4, 0.5) is 4.79 Å². The number of rotatable bonds is 5. The number of ether oxygens (including phenoxy) is 2. The summed E-state index contributed by atoms with van der Waals surface area (Å²) in [6.45, 7) is 0.267. The summed E-state index contributed by atoms with van der Waals surface area (Å²) in [5.41, 5.74) is 1.20. The molecular formula is C19H14BrClN2O5. The van der Waals surface area contributed by atoms with Gasteiger partial charge in [0.2, 0.25) is 0 Å². The SMILES string of the molecule is COc1cc(C=C2C(=O)NC(=O)NC2=O)cc(Br)c1OCc1cccc(Cl)c1. The van der Waals surface area contributed by atoms with Crippen LogP contribution in [0.15, 0.2) is 46.4 Å². The van der Waals surface area contributed by atoms with Crippen LogP contribution in [0.1, 0.15) is 11.1 Å². The first kappa shape index (κ1) is 19.9. The summed E-state index contributed by atoms with van der Waals surface area (Å²) in [5.74, 6) is -0.691. The molecule has 3 rings (SSSR count). The van der Waals surface area contributed by atoms with Gasteiger partial charge in [-0.05, 0) is 57.4 Å². The largest absolute Gasteiger partial charge is 0.493 e. The maximum atomic E-state index is 11.9. The molecule has 1 heterocycles. The third-order valence-corrected chi connectivity index (χ3v) is 4.60. The van der Waals surface area contributed by atoms with Crippen LogP contribution in [0.25, 0.3) is 6.08 Å². The van der Waals surface area contributed by atoms with E-state index < -0.39 is 17.8 Å². The Labute approximate surface area is 173 Å². The first-order valence-electron chi connectivity index (χ1n) is 8.00. The summed E-state index contributed by atoms with van der Waals surface area (Å²) < 4.78 is 11.8. The van der Waals surface area contributed by atoms with E-state index in [2.05, 4.69) is 15.9 Å². The third kappa shape index (κ3) is 4.52. The Kier molecular flexibility index (Phi) is 6.01. The van der Waals surface area contributed by atoms with E-state index >= 15 is 0 Å². The molecule has 1 fully saturated rings. The predicted octanol–water partition coefficient (Wildman–Crippen LogP) is 3.44. The predicted molar refractivity (Wildman–Crippen MR) is 106 cm³/mol. The second-order valence-corrected chi connectivity index (χ2v) is 7.04. The second kappa shape index (κ2) is 8.45. The second-order valence-electron chi connectivity index (χ2n) is 5.75. The van der Waals surface area contributed by atoms with Crippen molar-refractivity contribution in [1.29, 1.82) is 0 Å². The Balaban J connectivity index is 1.87. The monoisotopic (exact) mass is 464 g/mol. The van der Waals surface area contributed by atoms with Crippen molar-refractivity contribution >= 4 is 51.5 Å².